The van der Waals surface area contributed by atoms with Crippen LogP contribution in [0.2, 0.25) is 0 Å². The largest absolute Gasteiger partial charge is 0.480 e. The van der Waals surface area contributed by atoms with E-state index in [9.17, 15) is 9.59 Å². The van der Waals surface area contributed by atoms with Gasteiger partial charge < -0.3 is 14.8 Å². The standard InChI is InChI=1S/C13H15NO4/c1-8-5-3-4-6-10(8)18-11-7-9(13(16)17-2)14-12(11)15/h3-6,9,11H,7H2,1-2H3,(H,14,15). The second-order valence-electron chi connectivity index (χ2n) is 4.19. The first kappa shape index (κ1) is 12.4. The summed E-state index contributed by atoms with van der Waals surface area (Å²) in [6.45, 7) is 1.90. The van der Waals surface area contributed by atoms with Crippen LogP contribution >= 0.6 is 0 Å². The maximum atomic E-state index is 11.7. The normalized spacial score (nSPS) is 22.4. The molecule has 1 fully saturated rings. The molecule has 18 heavy (non-hydrogen) atoms. The zero-order chi connectivity index (χ0) is 13.1. The summed E-state index contributed by atoms with van der Waals surface area (Å²) in [7, 11) is 1.30. The predicted octanol–water partition coefficient (Wildman–Crippen LogP) is 0.804. The monoisotopic (exact) mass is 249 g/mol. The highest BCUT2D eigenvalue weighted by Crippen LogP contribution is 2.21. The molecule has 1 N–H and O–H groups in total. The molecule has 1 saturated heterocycles. The van der Waals surface area contributed by atoms with Gasteiger partial charge >= 0.3 is 5.97 Å². The minimum Gasteiger partial charge on any atom is -0.480 e. The van der Waals surface area contributed by atoms with Crippen LogP contribution in [0.15, 0.2) is 24.3 Å². The van der Waals surface area contributed by atoms with Gasteiger partial charge in [0.1, 0.15) is 11.8 Å². The van der Waals surface area contributed by atoms with E-state index in [4.69, 9.17) is 4.74 Å². The fourth-order valence-electron chi connectivity index (χ4n) is 1.89. The number of esters is 1. The molecule has 2 atom stereocenters. The fourth-order valence-corrected chi connectivity index (χ4v) is 1.89. The van der Waals surface area contributed by atoms with Crippen molar-refractivity contribution in [2.45, 2.75) is 25.5 Å². The summed E-state index contributed by atoms with van der Waals surface area (Å²) in [5.74, 6) is -0.0731. The van der Waals surface area contributed by atoms with E-state index < -0.39 is 18.1 Å². The lowest BCUT2D eigenvalue weighted by Crippen LogP contribution is -2.34. The average molecular weight is 249 g/mol. The SMILES string of the molecule is COC(=O)C1CC(Oc2ccccc2C)C(=O)N1. The minimum atomic E-state index is -0.643. The van der Waals surface area contributed by atoms with Crippen LogP contribution in [0.4, 0.5) is 0 Å². The zero-order valence-corrected chi connectivity index (χ0v) is 10.3. The number of rotatable bonds is 3. The van der Waals surface area contributed by atoms with E-state index in [0.717, 1.165) is 5.56 Å². The molecule has 1 amide bonds. The van der Waals surface area contributed by atoms with Crippen LogP contribution in [0.25, 0.3) is 0 Å². The van der Waals surface area contributed by atoms with E-state index in [2.05, 4.69) is 10.1 Å². The van der Waals surface area contributed by atoms with Gasteiger partial charge in [-0.2, -0.15) is 0 Å². The highest BCUT2D eigenvalue weighted by atomic mass is 16.5. The van der Waals surface area contributed by atoms with Crippen molar-refractivity contribution in [1.29, 1.82) is 0 Å². The van der Waals surface area contributed by atoms with Crippen LogP contribution in [0.1, 0.15) is 12.0 Å². The number of nitrogens with one attached hydrogen (secondary N) is 1. The minimum absolute atomic E-state index is 0.284. The first-order valence-corrected chi connectivity index (χ1v) is 5.72. The quantitative estimate of drug-likeness (QED) is 0.805. The fraction of sp³-hybridized carbons (Fsp3) is 0.385. The van der Waals surface area contributed by atoms with Gasteiger partial charge in [-0.1, -0.05) is 18.2 Å². The molecule has 1 heterocycles. The molecule has 0 aliphatic carbocycles. The van der Waals surface area contributed by atoms with Crippen molar-refractivity contribution in [3.05, 3.63) is 29.8 Å². The maximum Gasteiger partial charge on any atom is 0.328 e. The third kappa shape index (κ3) is 2.45. The first-order valence-electron chi connectivity index (χ1n) is 5.72. The van der Waals surface area contributed by atoms with Crippen molar-refractivity contribution in [3.63, 3.8) is 0 Å². The van der Waals surface area contributed by atoms with E-state index in [1.54, 1.807) is 6.07 Å². The zero-order valence-electron chi connectivity index (χ0n) is 10.3. The second kappa shape index (κ2) is 5.08. The number of methoxy groups -OCH3 is 1. The number of carbonyl (C=O) groups is 2. The van der Waals surface area contributed by atoms with E-state index in [-0.39, 0.29) is 5.91 Å². The van der Waals surface area contributed by atoms with Crippen molar-refractivity contribution in [1.82, 2.24) is 5.32 Å². The molecule has 0 bridgehead atoms. The van der Waals surface area contributed by atoms with Gasteiger partial charge in [0.15, 0.2) is 6.10 Å². The molecule has 1 aliphatic rings. The molecular weight excluding hydrogens is 234 g/mol. The van der Waals surface area contributed by atoms with E-state index in [1.165, 1.54) is 7.11 Å². The Labute approximate surface area is 105 Å². The summed E-state index contributed by atoms with van der Waals surface area (Å²) in [5.41, 5.74) is 0.951. The number of para-hydroxylation sites is 1. The molecule has 0 spiro atoms. The van der Waals surface area contributed by atoms with Crippen LogP contribution in [0.3, 0.4) is 0 Å². The van der Waals surface area contributed by atoms with E-state index >= 15 is 0 Å². The number of hydrogen-bond donors (Lipinski definition) is 1. The van der Waals surface area contributed by atoms with E-state index in [0.29, 0.717) is 12.2 Å². The Hall–Kier alpha value is -2.04. The van der Waals surface area contributed by atoms with Crippen molar-refractivity contribution in [3.8, 4) is 5.75 Å². The lowest BCUT2D eigenvalue weighted by molar-refractivity contribution is -0.143. The summed E-state index contributed by atoms with van der Waals surface area (Å²) in [4.78, 5) is 23.0. The van der Waals surface area contributed by atoms with Gasteiger partial charge in [-0.15, -0.1) is 0 Å². The second-order valence-corrected chi connectivity index (χ2v) is 4.19. The van der Waals surface area contributed by atoms with Crippen molar-refractivity contribution >= 4 is 11.9 Å². The van der Waals surface area contributed by atoms with Crippen LogP contribution in [-0.4, -0.2) is 31.1 Å². The van der Waals surface area contributed by atoms with Gasteiger partial charge in [0.05, 0.1) is 7.11 Å². The Morgan fingerprint density at radius 3 is 2.78 bits per heavy atom. The smallest absolute Gasteiger partial charge is 0.328 e. The Bertz CT molecular complexity index is 472. The van der Waals surface area contributed by atoms with Crippen molar-refractivity contribution in [2.24, 2.45) is 0 Å². The Balaban J connectivity index is 2.05. The van der Waals surface area contributed by atoms with Gasteiger partial charge in [-0.05, 0) is 18.6 Å². The number of hydrogen-bond acceptors (Lipinski definition) is 4. The molecule has 0 saturated carbocycles. The number of benzene rings is 1. The molecule has 0 aromatic heterocycles. The third-order valence-corrected chi connectivity index (χ3v) is 2.91. The molecule has 96 valence electrons. The Kier molecular flexibility index (Phi) is 3.50. The molecule has 1 aromatic rings. The summed E-state index contributed by atoms with van der Waals surface area (Å²) >= 11 is 0. The molecule has 1 aromatic carbocycles. The highest BCUT2D eigenvalue weighted by molar-refractivity contribution is 5.91. The topological polar surface area (TPSA) is 64.6 Å². The Morgan fingerprint density at radius 2 is 2.11 bits per heavy atom. The van der Waals surface area contributed by atoms with Gasteiger partial charge in [0, 0.05) is 6.42 Å². The van der Waals surface area contributed by atoms with Gasteiger partial charge in [0.2, 0.25) is 0 Å². The first-order chi connectivity index (χ1) is 8.61. The lowest BCUT2D eigenvalue weighted by atomic mass is 10.2. The average Bonchev–Trinajstić information content (AvgIpc) is 2.73. The summed E-state index contributed by atoms with van der Waals surface area (Å²) in [5, 5.41) is 2.56. The number of aryl methyl sites for hydroxylation is 1. The number of carbonyl (C=O) groups excluding carboxylic acids is 2. The molecule has 5 heteroatoms. The predicted molar refractivity (Wildman–Crippen MR) is 64.2 cm³/mol. The van der Waals surface area contributed by atoms with E-state index in [1.807, 2.05) is 25.1 Å². The molecule has 5 nitrogen and oxygen atoms in total. The van der Waals surface area contributed by atoms with Gasteiger partial charge in [0.25, 0.3) is 5.91 Å². The Morgan fingerprint density at radius 1 is 1.39 bits per heavy atom. The maximum absolute atomic E-state index is 11.7. The van der Waals surface area contributed by atoms with Gasteiger partial charge in [-0.3, -0.25) is 4.79 Å². The summed E-state index contributed by atoms with van der Waals surface area (Å²) in [6, 6.07) is 6.83. The van der Waals surface area contributed by atoms with Crippen LogP contribution < -0.4 is 10.1 Å². The summed E-state index contributed by atoms with van der Waals surface area (Å²) < 4.78 is 10.2. The third-order valence-electron chi connectivity index (χ3n) is 2.91. The highest BCUT2D eigenvalue weighted by Gasteiger charge is 2.38. The van der Waals surface area contributed by atoms with Crippen molar-refractivity contribution < 1.29 is 19.1 Å². The number of amides is 1. The molecule has 0 radical (unpaired) electrons. The van der Waals surface area contributed by atoms with Crippen LogP contribution in [-0.2, 0) is 14.3 Å². The molecule has 2 unspecified atom stereocenters. The summed E-state index contributed by atoms with van der Waals surface area (Å²) in [6.07, 6.45) is -0.352. The van der Waals surface area contributed by atoms with Gasteiger partial charge in [-0.25, -0.2) is 4.79 Å². The molecule has 2 rings (SSSR count). The molecule has 1 aliphatic heterocycles. The lowest BCUT2D eigenvalue weighted by Gasteiger charge is -2.12. The molecular formula is C13H15NO4. The van der Waals surface area contributed by atoms with Crippen LogP contribution in [0.5, 0.6) is 5.75 Å². The van der Waals surface area contributed by atoms with Crippen LogP contribution in [0, 0.1) is 6.92 Å². The number of ether oxygens (including phenoxy) is 2. The van der Waals surface area contributed by atoms with Crippen molar-refractivity contribution in [2.75, 3.05) is 7.11 Å².